The second-order valence-electron chi connectivity index (χ2n) is 6.24. The number of H-pyrrole nitrogens is 1. The van der Waals surface area contributed by atoms with Crippen molar-refractivity contribution in [3.63, 3.8) is 0 Å². The second-order valence-corrected chi connectivity index (χ2v) is 7.24. The number of amides is 1. The molecule has 0 saturated carbocycles. The largest absolute Gasteiger partial charge is 0.448 e. The first-order valence-corrected chi connectivity index (χ1v) is 9.36. The Hall–Kier alpha value is -3.67. The summed E-state index contributed by atoms with van der Waals surface area (Å²) in [6.07, 6.45) is 1.63. The molecular weight excluding hydrogens is 396 g/mol. The number of thiophene rings is 1. The smallest absolute Gasteiger partial charge is 0.351 e. The van der Waals surface area contributed by atoms with Gasteiger partial charge >= 0.3 is 5.97 Å². The fraction of sp³-hybridized carbons (Fsp3) is 0.235. The van der Waals surface area contributed by atoms with Gasteiger partial charge < -0.3 is 20.8 Å². The Morgan fingerprint density at radius 1 is 1.24 bits per heavy atom. The van der Waals surface area contributed by atoms with Crippen LogP contribution in [0.3, 0.4) is 0 Å². The first-order valence-electron chi connectivity index (χ1n) is 8.54. The molecule has 12 heteroatoms. The van der Waals surface area contributed by atoms with E-state index in [0.29, 0.717) is 32.9 Å². The number of fused-ring (bicyclic) bond motifs is 2. The molecule has 4 heterocycles. The van der Waals surface area contributed by atoms with Crippen molar-refractivity contribution in [3.05, 3.63) is 29.1 Å². The van der Waals surface area contributed by atoms with Crippen molar-refractivity contribution in [1.82, 2.24) is 29.9 Å². The summed E-state index contributed by atoms with van der Waals surface area (Å²) >= 11 is 1.10. The number of imidazole rings is 1. The maximum Gasteiger partial charge on any atom is 0.351 e. The van der Waals surface area contributed by atoms with E-state index in [-0.39, 0.29) is 16.4 Å². The molecule has 0 bridgehead atoms. The minimum atomic E-state index is -1.09. The number of hydrogen-bond donors (Lipinski definition) is 3. The van der Waals surface area contributed by atoms with Crippen molar-refractivity contribution in [2.45, 2.75) is 26.9 Å². The molecule has 4 N–H and O–H groups in total. The van der Waals surface area contributed by atoms with Gasteiger partial charge in [-0.3, -0.25) is 4.79 Å². The van der Waals surface area contributed by atoms with Gasteiger partial charge in [-0.2, -0.15) is 0 Å². The Bertz CT molecular complexity index is 1260. The molecule has 0 spiro atoms. The van der Waals surface area contributed by atoms with Crippen LogP contribution in [0.1, 0.15) is 28.1 Å². The summed E-state index contributed by atoms with van der Waals surface area (Å²) in [6.45, 7) is 5.01. The predicted octanol–water partition coefficient (Wildman–Crippen LogP) is 1.74. The van der Waals surface area contributed by atoms with Crippen LogP contribution in [0.4, 0.5) is 11.5 Å². The van der Waals surface area contributed by atoms with Crippen molar-refractivity contribution in [1.29, 1.82) is 0 Å². The monoisotopic (exact) mass is 412 g/mol. The molecule has 29 heavy (non-hydrogen) atoms. The highest BCUT2D eigenvalue weighted by Gasteiger charge is 2.25. The number of rotatable bonds is 4. The van der Waals surface area contributed by atoms with Crippen LogP contribution in [0.25, 0.3) is 21.4 Å². The fourth-order valence-corrected chi connectivity index (χ4v) is 3.90. The zero-order valence-corrected chi connectivity index (χ0v) is 16.5. The highest BCUT2D eigenvalue weighted by Crippen LogP contribution is 2.34. The highest BCUT2D eigenvalue weighted by atomic mass is 32.1. The number of esters is 1. The van der Waals surface area contributed by atoms with Crippen LogP contribution in [-0.2, 0) is 9.53 Å². The Kier molecular flexibility index (Phi) is 4.54. The maximum atomic E-state index is 12.6. The Balaban J connectivity index is 1.53. The number of nitrogens with zero attached hydrogens (tertiary/aromatic N) is 5. The Labute approximate surface area is 167 Å². The molecule has 1 atom stereocenters. The standard InChI is InChI=1S/C17H16N8O3S/c1-6-9-10(18)12(29-16(9)24-8(3)23-6)17(27)28-7(2)15(26)25-14-11-13(20-4-19-11)21-5-22-14/h4-5,7H,18H2,1-3H3,(H2,19,20,21,22,25,26)/t7-/m0/s1. The van der Waals surface area contributed by atoms with E-state index in [2.05, 4.69) is 35.2 Å². The number of anilines is 2. The third kappa shape index (κ3) is 3.33. The van der Waals surface area contributed by atoms with Gasteiger partial charge in [-0.05, 0) is 20.8 Å². The van der Waals surface area contributed by atoms with Crippen LogP contribution in [0, 0.1) is 13.8 Å². The zero-order valence-electron chi connectivity index (χ0n) is 15.7. The molecule has 0 aliphatic carbocycles. The molecular formula is C17H16N8O3S. The van der Waals surface area contributed by atoms with Gasteiger partial charge in [0.05, 0.1) is 23.1 Å². The lowest BCUT2D eigenvalue weighted by molar-refractivity contribution is -0.123. The predicted molar refractivity (Wildman–Crippen MR) is 106 cm³/mol. The van der Waals surface area contributed by atoms with Gasteiger partial charge in [0.2, 0.25) is 0 Å². The third-order valence-corrected chi connectivity index (χ3v) is 5.26. The molecule has 0 unspecified atom stereocenters. The van der Waals surface area contributed by atoms with Gasteiger partial charge in [-0.15, -0.1) is 11.3 Å². The van der Waals surface area contributed by atoms with E-state index in [9.17, 15) is 9.59 Å². The molecule has 4 aromatic rings. The molecule has 0 aliphatic rings. The van der Waals surface area contributed by atoms with Gasteiger partial charge in [0, 0.05) is 0 Å². The molecule has 0 aliphatic heterocycles. The summed E-state index contributed by atoms with van der Waals surface area (Å²) in [5.41, 5.74) is 7.92. The Morgan fingerprint density at radius 2 is 2.03 bits per heavy atom. The van der Waals surface area contributed by atoms with Crippen LogP contribution in [0.2, 0.25) is 0 Å². The molecule has 1 amide bonds. The summed E-state index contributed by atoms with van der Waals surface area (Å²) in [5, 5.41) is 3.21. The number of nitrogen functional groups attached to an aromatic ring is 1. The lowest BCUT2D eigenvalue weighted by Gasteiger charge is -2.13. The summed E-state index contributed by atoms with van der Waals surface area (Å²) < 4.78 is 5.31. The van der Waals surface area contributed by atoms with Crippen molar-refractivity contribution in [3.8, 4) is 0 Å². The molecule has 4 aromatic heterocycles. The molecule has 0 radical (unpaired) electrons. The van der Waals surface area contributed by atoms with Crippen LogP contribution in [0.15, 0.2) is 12.7 Å². The first kappa shape index (κ1) is 18.7. The summed E-state index contributed by atoms with van der Waals surface area (Å²) in [5.74, 6) is -0.443. The number of aromatic nitrogens is 6. The van der Waals surface area contributed by atoms with Crippen molar-refractivity contribution >= 4 is 56.1 Å². The van der Waals surface area contributed by atoms with E-state index in [1.807, 2.05) is 0 Å². The number of nitrogens with one attached hydrogen (secondary N) is 2. The number of aryl methyl sites for hydroxylation is 2. The van der Waals surface area contributed by atoms with Crippen LogP contribution >= 0.6 is 11.3 Å². The average molecular weight is 412 g/mol. The topological polar surface area (TPSA) is 162 Å². The second kappa shape index (κ2) is 7.05. The fourth-order valence-electron chi connectivity index (χ4n) is 2.83. The molecule has 148 valence electrons. The van der Waals surface area contributed by atoms with Crippen molar-refractivity contribution < 1.29 is 14.3 Å². The molecule has 0 fully saturated rings. The van der Waals surface area contributed by atoms with Crippen LogP contribution in [0.5, 0.6) is 0 Å². The van der Waals surface area contributed by atoms with E-state index in [4.69, 9.17) is 10.5 Å². The molecule has 0 aromatic carbocycles. The highest BCUT2D eigenvalue weighted by molar-refractivity contribution is 7.21. The van der Waals surface area contributed by atoms with Crippen molar-refractivity contribution in [2.75, 3.05) is 11.1 Å². The van der Waals surface area contributed by atoms with Crippen LogP contribution < -0.4 is 11.1 Å². The van der Waals surface area contributed by atoms with Crippen LogP contribution in [-0.4, -0.2) is 47.9 Å². The lowest BCUT2D eigenvalue weighted by atomic mass is 10.2. The molecule has 4 rings (SSSR count). The van der Waals surface area contributed by atoms with Crippen molar-refractivity contribution in [2.24, 2.45) is 0 Å². The van der Waals surface area contributed by atoms with E-state index in [1.165, 1.54) is 19.6 Å². The Morgan fingerprint density at radius 3 is 2.83 bits per heavy atom. The lowest BCUT2D eigenvalue weighted by Crippen LogP contribution is -2.30. The van der Waals surface area contributed by atoms with Gasteiger partial charge in [-0.1, -0.05) is 0 Å². The first-order chi connectivity index (χ1) is 13.8. The summed E-state index contributed by atoms with van der Waals surface area (Å²) in [4.78, 5) is 49.3. The molecule has 0 saturated heterocycles. The van der Waals surface area contributed by atoms with Gasteiger partial charge in [0.15, 0.2) is 17.6 Å². The molecule has 11 nitrogen and oxygen atoms in total. The van der Waals surface area contributed by atoms with E-state index >= 15 is 0 Å². The third-order valence-electron chi connectivity index (χ3n) is 4.18. The average Bonchev–Trinajstić information content (AvgIpc) is 3.26. The number of carbonyl (C=O) groups is 2. The normalized spacial score (nSPS) is 12.2. The van der Waals surface area contributed by atoms with Gasteiger partial charge in [-0.25, -0.2) is 29.7 Å². The van der Waals surface area contributed by atoms with E-state index in [1.54, 1.807) is 13.8 Å². The number of carbonyl (C=O) groups excluding carboxylic acids is 2. The number of ether oxygens (including phenoxy) is 1. The minimum Gasteiger partial charge on any atom is -0.448 e. The summed E-state index contributed by atoms with van der Waals surface area (Å²) in [7, 11) is 0. The minimum absolute atomic E-state index is 0.181. The summed E-state index contributed by atoms with van der Waals surface area (Å²) in [6, 6.07) is 0. The number of hydrogen-bond acceptors (Lipinski definition) is 10. The van der Waals surface area contributed by atoms with Gasteiger partial charge in [0.25, 0.3) is 5.91 Å². The van der Waals surface area contributed by atoms with E-state index < -0.39 is 18.0 Å². The number of aromatic amines is 1. The van der Waals surface area contributed by atoms with Gasteiger partial charge in [0.1, 0.15) is 27.4 Å². The SMILES string of the molecule is Cc1nc(C)c2c(N)c(C(=O)O[C@@H](C)C(=O)Nc3ncnc4nc[nH]c34)sc2n1. The zero-order chi connectivity index (χ0) is 20.7. The quantitative estimate of drug-likeness (QED) is 0.424. The number of nitrogens with two attached hydrogens (primary N) is 1. The van der Waals surface area contributed by atoms with E-state index in [0.717, 1.165) is 11.3 Å². The maximum absolute atomic E-state index is 12.6.